The van der Waals surface area contributed by atoms with Gasteiger partial charge in [0, 0.05) is 85.8 Å². The molecule has 62 heavy (non-hydrogen) atoms. The zero-order chi connectivity index (χ0) is 41.5. The third-order valence-corrected chi connectivity index (χ3v) is 12.5. The maximum atomic E-state index is 14.4. The molecule has 1 aromatic carbocycles. The molecule has 2 saturated heterocycles. The van der Waals surface area contributed by atoms with E-state index in [0.717, 1.165) is 44.7 Å². The number of likely N-dealkylation sites (N-methyl/N-ethyl adjacent to an activating group) is 1. The van der Waals surface area contributed by atoms with Crippen molar-refractivity contribution in [3.63, 3.8) is 0 Å². The van der Waals surface area contributed by atoms with Crippen LogP contribution >= 0.6 is 65.3 Å². The third-order valence-electron chi connectivity index (χ3n) is 11.6. The predicted octanol–water partition coefficient (Wildman–Crippen LogP) is 6.05. The van der Waals surface area contributed by atoms with Crippen molar-refractivity contribution >= 4 is 100 Å². The fraction of sp³-hybridized carbons (Fsp3) is 0.535. The molecular formula is C43H64N8O6S5. The molecule has 0 spiro atoms. The van der Waals surface area contributed by atoms with Gasteiger partial charge in [-0.05, 0) is 68.9 Å². The Hall–Kier alpha value is -3.46. The highest BCUT2D eigenvalue weighted by molar-refractivity contribution is 7.59. The molecule has 0 radical (unpaired) electrons. The Morgan fingerprint density at radius 1 is 1.08 bits per heavy atom. The van der Waals surface area contributed by atoms with E-state index >= 15 is 0 Å². The van der Waals surface area contributed by atoms with Crippen molar-refractivity contribution in [3.05, 3.63) is 58.2 Å². The number of esters is 1. The number of rotatable bonds is 8. The smallest absolute Gasteiger partial charge is 0.324 e. The minimum atomic E-state index is -1.01. The number of thiazole rings is 1. The normalized spacial score (nSPS) is 20.0. The first kappa shape index (κ1) is 52.9. The molecule has 7 rings (SSSR count). The Kier molecular flexibility index (Phi) is 18.7. The molecule has 6 heterocycles. The van der Waals surface area contributed by atoms with Crippen molar-refractivity contribution in [2.45, 2.75) is 98.0 Å². The summed E-state index contributed by atoms with van der Waals surface area (Å²) in [5, 5.41) is 8.19. The Morgan fingerprint density at radius 3 is 2.48 bits per heavy atom. The molecule has 4 aromatic rings. The van der Waals surface area contributed by atoms with Gasteiger partial charge in [-0.15, -0.1) is 11.3 Å². The lowest BCUT2D eigenvalue weighted by molar-refractivity contribution is -0.155. The maximum absolute atomic E-state index is 14.4. The van der Waals surface area contributed by atoms with Crippen LogP contribution in [0.15, 0.2) is 41.9 Å². The van der Waals surface area contributed by atoms with Gasteiger partial charge in [0.1, 0.15) is 18.1 Å². The number of hydrogen-bond acceptors (Lipinski definition) is 10. The molecule has 3 aromatic heterocycles. The van der Waals surface area contributed by atoms with Gasteiger partial charge in [-0.3, -0.25) is 24.4 Å². The van der Waals surface area contributed by atoms with Gasteiger partial charge >= 0.3 is 12.0 Å². The number of nitrogens with one attached hydrogen (secondary N) is 2. The first-order valence-corrected chi connectivity index (χ1v) is 21.2. The average molecular weight is 949 g/mol. The number of methoxy groups -OCH3 is 1. The van der Waals surface area contributed by atoms with Crippen molar-refractivity contribution < 1.29 is 28.7 Å². The summed E-state index contributed by atoms with van der Waals surface area (Å²) in [7, 11) is 3.41. The maximum Gasteiger partial charge on any atom is 0.324 e. The van der Waals surface area contributed by atoms with Crippen molar-refractivity contribution in [2.24, 2.45) is 11.3 Å². The number of ether oxygens (including phenoxy) is 2. The van der Waals surface area contributed by atoms with E-state index < -0.39 is 35.4 Å². The van der Waals surface area contributed by atoms with Crippen LogP contribution in [0.2, 0.25) is 0 Å². The molecule has 14 nitrogen and oxygen atoms in total. The monoisotopic (exact) mass is 948 g/mol. The van der Waals surface area contributed by atoms with Crippen LogP contribution < -0.4 is 10.7 Å². The van der Waals surface area contributed by atoms with Crippen LogP contribution in [0.3, 0.4) is 0 Å². The fourth-order valence-electron chi connectivity index (χ4n) is 8.55. The highest BCUT2D eigenvalue weighted by Gasteiger charge is 2.41. The molecular weight excluding hydrogens is 885 g/mol. The predicted molar refractivity (Wildman–Crippen MR) is 264 cm³/mol. The second kappa shape index (κ2) is 22.0. The van der Waals surface area contributed by atoms with Gasteiger partial charge in [0.2, 0.25) is 5.91 Å². The molecule has 4 amide bonds. The van der Waals surface area contributed by atoms with Crippen LogP contribution in [0.25, 0.3) is 33.4 Å². The summed E-state index contributed by atoms with van der Waals surface area (Å²) in [6.07, 6.45) is 3.34. The summed E-state index contributed by atoms with van der Waals surface area (Å²) in [6.45, 7) is 14.3. The zero-order valence-electron chi connectivity index (χ0n) is 36.8. The van der Waals surface area contributed by atoms with E-state index in [2.05, 4.69) is 60.3 Å². The number of cyclic esters (lactones) is 1. The van der Waals surface area contributed by atoms with Gasteiger partial charge < -0.3 is 29.2 Å². The van der Waals surface area contributed by atoms with Gasteiger partial charge in [-0.2, -0.15) is 54.0 Å². The molecule has 4 atom stereocenters. The molecule has 3 aliphatic heterocycles. The number of amides is 4. The summed E-state index contributed by atoms with van der Waals surface area (Å²) in [4.78, 5) is 68.4. The van der Waals surface area contributed by atoms with Crippen LogP contribution in [0.1, 0.15) is 76.8 Å². The van der Waals surface area contributed by atoms with Gasteiger partial charge in [-0.25, -0.2) is 15.2 Å². The number of carbonyl (C=O) groups is 4. The third kappa shape index (κ3) is 10.7. The van der Waals surface area contributed by atoms with Crippen LogP contribution in [-0.2, 0) is 43.2 Å². The first-order valence-electron chi connectivity index (χ1n) is 20.4. The van der Waals surface area contributed by atoms with E-state index in [-0.39, 0.29) is 91.0 Å². The summed E-state index contributed by atoms with van der Waals surface area (Å²) in [5.74, 6) is -1.43. The van der Waals surface area contributed by atoms with E-state index in [1.165, 1.54) is 16.3 Å². The van der Waals surface area contributed by atoms with E-state index in [4.69, 9.17) is 19.4 Å². The minimum Gasteiger partial charge on any atom is -0.464 e. The molecule has 3 aliphatic rings. The molecule has 0 saturated carbocycles. The van der Waals surface area contributed by atoms with E-state index in [1.54, 1.807) is 30.2 Å². The number of fused-ring (bicyclic) bond motifs is 6. The zero-order valence-corrected chi connectivity index (χ0v) is 41.6. The number of carbonyl (C=O) groups excluding carboxylic acids is 4. The second-order valence-electron chi connectivity index (χ2n) is 16.9. The van der Waals surface area contributed by atoms with Gasteiger partial charge in [-0.1, -0.05) is 33.8 Å². The quantitative estimate of drug-likeness (QED) is 0.202. The van der Waals surface area contributed by atoms with Crippen LogP contribution in [0.5, 0.6) is 0 Å². The summed E-state index contributed by atoms with van der Waals surface area (Å²) in [5.41, 5.74) is 9.41. The number of pyridine rings is 1. The first-order chi connectivity index (χ1) is 27.7. The topological polar surface area (TPSA) is 151 Å². The SMILES string of the molecule is CCn1c(-c2cccnc2[C@H](C)OC)c2c3cc(ccc31)-c1csc(n1)C[C@H](NC(=O)[C@H](C(C)C)N1CCN(C)C1=O)C(=O)N1CCC[C@H](N1)C(=O)OCC(C)(C)C2.S.S.S.S. The van der Waals surface area contributed by atoms with Crippen LogP contribution in [0, 0.1) is 11.3 Å². The minimum absolute atomic E-state index is 0. The number of aryl methyl sites for hydroxylation is 1. The van der Waals surface area contributed by atoms with E-state index in [9.17, 15) is 19.2 Å². The lowest BCUT2D eigenvalue weighted by Gasteiger charge is -2.36. The number of aromatic nitrogens is 3. The molecule has 0 aliphatic carbocycles. The lowest BCUT2D eigenvalue weighted by Crippen LogP contribution is -2.62. The second-order valence-corrected chi connectivity index (χ2v) is 17.8. The van der Waals surface area contributed by atoms with E-state index in [1.807, 2.05) is 32.2 Å². The highest BCUT2D eigenvalue weighted by atomic mass is 32.1. The highest BCUT2D eigenvalue weighted by Crippen LogP contribution is 2.42. The Balaban J connectivity index is 0.00000256. The molecule has 2 fully saturated rings. The molecule has 0 unspecified atom stereocenters. The Bertz CT molecular complexity index is 2220. The van der Waals surface area contributed by atoms with Gasteiger partial charge in [0.05, 0.1) is 34.8 Å². The summed E-state index contributed by atoms with van der Waals surface area (Å²) in [6, 6.07) is 7.70. The lowest BCUT2D eigenvalue weighted by atomic mass is 9.84. The number of urea groups is 1. The molecule has 19 heteroatoms. The van der Waals surface area contributed by atoms with Crippen molar-refractivity contribution in [1.29, 1.82) is 0 Å². The van der Waals surface area contributed by atoms with Crippen LogP contribution in [0.4, 0.5) is 4.79 Å². The molecule has 342 valence electrons. The number of hydrogen-bond donors (Lipinski definition) is 2. The van der Waals surface area contributed by atoms with Crippen molar-refractivity contribution in [3.8, 4) is 22.5 Å². The summed E-state index contributed by atoms with van der Waals surface area (Å²) >= 11 is 1.43. The largest absolute Gasteiger partial charge is 0.464 e. The van der Waals surface area contributed by atoms with Gasteiger partial charge in [0.25, 0.3) is 5.91 Å². The number of hydrazine groups is 1. The van der Waals surface area contributed by atoms with Crippen LogP contribution in [-0.4, -0.2) is 112 Å². The van der Waals surface area contributed by atoms with Crippen molar-refractivity contribution in [1.82, 2.24) is 40.1 Å². The Labute approximate surface area is 397 Å². The standard InChI is InChI=1S/C43H56N8O6S.4H2S/c1-9-49-34-15-14-27-20-29(34)30(38(49)28-12-10-16-44-36(28)26(4)56-8)22-43(5,6)24-57-41(54)31-13-11-17-51(47-31)40(53)32(21-35-45-33(27)23-58-35)46-39(52)37(25(2)3)50-19-18-48(7)42(50)55;;;;/h10,12,14-16,20,23,25-26,31-32,37,47H,9,11,13,17-19,21-22,24H2,1-8H3,(H,46,52);4*1H2/t26-,31-,32-,37-;;;;/m0..../s1. The van der Waals surface area contributed by atoms with Crippen molar-refractivity contribution in [2.75, 3.05) is 40.4 Å². The van der Waals surface area contributed by atoms with E-state index in [0.29, 0.717) is 50.4 Å². The number of benzene rings is 1. The summed E-state index contributed by atoms with van der Waals surface area (Å²) < 4.78 is 14.2. The molecule has 2 N–H and O–H groups in total. The number of nitrogens with zero attached hydrogens (tertiary/aromatic N) is 6. The Morgan fingerprint density at radius 2 is 1.82 bits per heavy atom. The van der Waals surface area contributed by atoms with Gasteiger partial charge in [0.15, 0.2) is 0 Å². The average Bonchev–Trinajstić information content (AvgIpc) is 3.90. The fourth-order valence-corrected chi connectivity index (χ4v) is 9.40. The molecule has 6 bridgehead atoms.